The molecule has 1 saturated heterocycles. The first-order chi connectivity index (χ1) is 9.21. The van der Waals surface area contributed by atoms with Crippen LogP contribution in [0.5, 0.6) is 0 Å². The Morgan fingerprint density at radius 2 is 1.95 bits per heavy atom. The summed E-state index contributed by atoms with van der Waals surface area (Å²) in [7, 11) is 0. The van der Waals surface area contributed by atoms with Crippen molar-refractivity contribution >= 4 is 11.9 Å². The quantitative estimate of drug-likeness (QED) is 0.800. The van der Waals surface area contributed by atoms with E-state index >= 15 is 0 Å². The van der Waals surface area contributed by atoms with E-state index in [0.717, 1.165) is 12.8 Å². The van der Waals surface area contributed by atoms with Gasteiger partial charge in [-0.3, -0.25) is 4.79 Å². The number of rotatable bonds is 1. The van der Waals surface area contributed by atoms with Crippen molar-refractivity contribution in [3.63, 3.8) is 0 Å². The van der Waals surface area contributed by atoms with Gasteiger partial charge < -0.3 is 14.7 Å². The molecule has 5 nitrogen and oxygen atoms in total. The lowest BCUT2D eigenvalue weighted by atomic mass is 9.78. The van der Waals surface area contributed by atoms with Crippen molar-refractivity contribution in [2.75, 3.05) is 13.1 Å². The molecule has 114 valence electrons. The highest BCUT2D eigenvalue weighted by Gasteiger charge is 2.45. The lowest BCUT2D eigenvalue weighted by molar-refractivity contribution is -0.133. The molecule has 0 radical (unpaired) electrons. The van der Waals surface area contributed by atoms with Gasteiger partial charge in [-0.15, -0.1) is 0 Å². The number of piperidine rings is 1. The minimum atomic E-state index is -0.925. The number of carbonyl (C=O) groups excluding carboxylic acids is 2. The first kappa shape index (κ1) is 15.3. The SMILES string of the molecule is CC(C)(C)OC(=O)N1CCC(O)([C@@H]2CCCC2=O)CC1. The highest BCUT2D eigenvalue weighted by atomic mass is 16.6. The van der Waals surface area contributed by atoms with Crippen LogP contribution in [0.4, 0.5) is 4.79 Å². The molecule has 1 amide bonds. The van der Waals surface area contributed by atoms with Crippen LogP contribution in [0.2, 0.25) is 0 Å². The van der Waals surface area contributed by atoms with Crippen molar-refractivity contribution in [1.29, 1.82) is 0 Å². The van der Waals surface area contributed by atoms with E-state index in [2.05, 4.69) is 0 Å². The second-order valence-corrected chi connectivity index (χ2v) is 6.98. The summed E-state index contributed by atoms with van der Waals surface area (Å²) in [6.07, 6.45) is 2.83. The van der Waals surface area contributed by atoms with Gasteiger partial charge in [0.25, 0.3) is 0 Å². The number of aliphatic hydroxyl groups is 1. The normalized spacial score (nSPS) is 26.7. The third-order valence-corrected chi connectivity index (χ3v) is 4.23. The van der Waals surface area contributed by atoms with Gasteiger partial charge >= 0.3 is 6.09 Å². The minimum Gasteiger partial charge on any atom is -0.444 e. The van der Waals surface area contributed by atoms with Gasteiger partial charge in [-0.25, -0.2) is 4.79 Å². The number of ketones is 1. The largest absolute Gasteiger partial charge is 0.444 e. The third-order valence-electron chi connectivity index (χ3n) is 4.23. The van der Waals surface area contributed by atoms with Crippen LogP contribution in [0.1, 0.15) is 52.9 Å². The van der Waals surface area contributed by atoms with E-state index in [9.17, 15) is 14.7 Å². The van der Waals surface area contributed by atoms with Crippen LogP contribution in [0, 0.1) is 5.92 Å². The van der Waals surface area contributed by atoms with Crippen molar-refractivity contribution in [3.8, 4) is 0 Å². The molecule has 1 aliphatic carbocycles. The molecule has 1 saturated carbocycles. The Kier molecular flexibility index (Phi) is 4.09. The number of Topliss-reactive ketones (excluding diaryl/α,β-unsaturated/α-hetero) is 1. The Hall–Kier alpha value is -1.10. The van der Waals surface area contributed by atoms with Crippen molar-refractivity contribution in [3.05, 3.63) is 0 Å². The highest BCUT2D eigenvalue weighted by Crippen LogP contribution is 2.38. The number of nitrogens with zero attached hydrogens (tertiary/aromatic N) is 1. The molecule has 1 atom stereocenters. The second kappa shape index (κ2) is 5.35. The van der Waals surface area contributed by atoms with Crippen molar-refractivity contribution in [2.24, 2.45) is 5.92 Å². The van der Waals surface area contributed by atoms with E-state index in [1.165, 1.54) is 0 Å². The molecule has 5 heteroatoms. The lowest BCUT2D eigenvalue weighted by Gasteiger charge is -2.41. The molecule has 0 aromatic carbocycles. The molecule has 0 unspecified atom stereocenters. The fraction of sp³-hybridized carbons (Fsp3) is 0.867. The van der Waals surface area contributed by atoms with Crippen LogP contribution in [0.15, 0.2) is 0 Å². The van der Waals surface area contributed by atoms with Gasteiger partial charge in [0.15, 0.2) is 0 Å². The zero-order valence-electron chi connectivity index (χ0n) is 12.6. The summed E-state index contributed by atoms with van der Waals surface area (Å²) >= 11 is 0. The van der Waals surface area contributed by atoms with Crippen molar-refractivity contribution in [2.45, 2.75) is 64.1 Å². The van der Waals surface area contributed by atoms with E-state index in [4.69, 9.17) is 4.74 Å². The fourth-order valence-corrected chi connectivity index (χ4v) is 3.14. The standard InChI is InChI=1S/C15H25NO4/c1-14(2,3)20-13(18)16-9-7-15(19,8-10-16)11-5-4-6-12(11)17/h11,19H,4-10H2,1-3H3/t11-/m1/s1. The fourth-order valence-electron chi connectivity index (χ4n) is 3.14. The van der Waals surface area contributed by atoms with Crippen LogP contribution < -0.4 is 0 Å². The Morgan fingerprint density at radius 1 is 1.35 bits per heavy atom. The Bertz CT molecular complexity index is 391. The van der Waals surface area contributed by atoms with E-state index < -0.39 is 11.2 Å². The first-order valence-electron chi connectivity index (χ1n) is 7.44. The zero-order valence-corrected chi connectivity index (χ0v) is 12.6. The average molecular weight is 283 g/mol. The average Bonchev–Trinajstić information content (AvgIpc) is 2.74. The molecule has 1 N–H and O–H groups in total. The molecule has 2 fully saturated rings. The molecule has 0 aromatic heterocycles. The first-order valence-corrected chi connectivity index (χ1v) is 7.44. The molecule has 0 bridgehead atoms. The number of ether oxygens (including phenoxy) is 1. The second-order valence-electron chi connectivity index (χ2n) is 6.98. The van der Waals surface area contributed by atoms with E-state index in [-0.39, 0.29) is 17.8 Å². The van der Waals surface area contributed by atoms with E-state index in [1.54, 1.807) is 4.90 Å². The molecule has 1 heterocycles. The summed E-state index contributed by atoms with van der Waals surface area (Å²) in [6, 6.07) is 0. The summed E-state index contributed by atoms with van der Waals surface area (Å²) in [5.41, 5.74) is -1.43. The molecule has 0 spiro atoms. The van der Waals surface area contributed by atoms with Gasteiger partial charge in [-0.1, -0.05) is 0 Å². The molecule has 2 rings (SSSR count). The maximum absolute atomic E-state index is 12.0. The molecular formula is C15H25NO4. The highest BCUT2D eigenvalue weighted by molar-refractivity contribution is 5.84. The van der Waals surface area contributed by atoms with Gasteiger partial charge in [0, 0.05) is 25.4 Å². The summed E-state index contributed by atoms with van der Waals surface area (Å²) < 4.78 is 5.33. The Balaban J connectivity index is 1.92. The molecule has 2 aliphatic rings. The summed E-state index contributed by atoms with van der Waals surface area (Å²) in [5, 5.41) is 10.7. The van der Waals surface area contributed by atoms with Gasteiger partial charge in [-0.2, -0.15) is 0 Å². The van der Waals surface area contributed by atoms with Crippen LogP contribution in [-0.2, 0) is 9.53 Å². The number of likely N-dealkylation sites (tertiary alicyclic amines) is 1. The zero-order chi connectivity index (χ0) is 15.0. The third kappa shape index (κ3) is 3.32. The maximum Gasteiger partial charge on any atom is 0.410 e. The van der Waals surface area contributed by atoms with Crippen LogP contribution in [0.3, 0.4) is 0 Å². The smallest absolute Gasteiger partial charge is 0.410 e. The number of amides is 1. The van der Waals surface area contributed by atoms with E-state index in [0.29, 0.717) is 32.4 Å². The number of carbonyl (C=O) groups is 2. The molecule has 1 aliphatic heterocycles. The molecule has 0 aromatic rings. The number of hydrogen-bond acceptors (Lipinski definition) is 4. The number of hydrogen-bond donors (Lipinski definition) is 1. The minimum absolute atomic E-state index is 0.179. The van der Waals surface area contributed by atoms with Crippen LogP contribution >= 0.6 is 0 Å². The molecule has 20 heavy (non-hydrogen) atoms. The topological polar surface area (TPSA) is 66.8 Å². The monoisotopic (exact) mass is 283 g/mol. The summed E-state index contributed by atoms with van der Waals surface area (Å²) in [5.74, 6) is -0.0542. The lowest BCUT2D eigenvalue weighted by Crippen LogP contribution is -2.52. The van der Waals surface area contributed by atoms with Crippen molar-refractivity contribution < 1.29 is 19.4 Å². The Morgan fingerprint density at radius 3 is 2.40 bits per heavy atom. The Labute approximate surface area is 120 Å². The van der Waals surface area contributed by atoms with Gasteiger partial charge in [0.2, 0.25) is 0 Å². The van der Waals surface area contributed by atoms with Gasteiger partial charge in [0.1, 0.15) is 11.4 Å². The van der Waals surface area contributed by atoms with Crippen LogP contribution in [0.25, 0.3) is 0 Å². The molecular weight excluding hydrogens is 258 g/mol. The summed E-state index contributed by atoms with van der Waals surface area (Å²) in [4.78, 5) is 25.4. The van der Waals surface area contributed by atoms with Crippen molar-refractivity contribution in [1.82, 2.24) is 4.90 Å². The van der Waals surface area contributed by atoms with Gasteiger partial charge in [0.05, 0.1) is 5.60 Å². The predicted molar refractivity (Wildman–Crippen MR) is 74.3 cm³/mol. The van der Waals surface area contributed by atoms with Gasteiger partial charge in [-0.05, 0) is 46.5 Å². The van der Waals surface area contributed by atoms with E-state index in [1.807, 2.05) is 20.8 Å². The van der Waals surface area contributed by atoms with Crippen LogP contribution in [-0.4, -0.2) is 46.2 Å². The summed E-state index contributed by atoms with van der Waals surface area (Å²) in [6.45, 7) is 6.41. The maximum atomic E-state index is 12.0. The predicted octanol–water partition coefficient (Wildman–Crippen LogP) is 2.12.